The Morgan fingerprint density at radius 3 is 2.40 bits per heavy atom. The molecule has 0 radical (unpaired) electrons. The summed E-state index contributed by atoms with van der Waals surface area (Å²) in [5.41, 5.74) is 1.32. The lowest BCUT2D eigenvalue weighted by atomic mass is 9.81. The lowest BCUT2D eigenvalue weighted by Gasteiger charge is -2.25. The number of methoxy groups -OCH3 is 1. The molecule has 0 saturated heterocycles. The smallest absolute Gasteiger partial charge is 0.201 e. The van der Waals surface area contributed by atoms with Crippen molar-refractivity contribution in [2.75, 3.05) is 7.11 Å². The molecule has 1 fully saturated rings. The molecule has 2 aromatic rings. The van der Waals surface area contributed by atoms with Crippen LogP contribution in [0.15, 0.2) is 24.3 Å². The molecule has 134 valence electrons. The Hall–Kier alpha value is -2.04. The molecule has 0 aliphatic heterocycles. The van der Waals surface area contributed by atoms with Crippen LogP contribution in [-0.2, 0) is 6.42 Å². The van der Waals surface area contributed by atoms with Gasteiger partial charge in [-0.1, -0.05) is 32.6 Å². The standard InChI is InChI=1S/C20H24F2N2O/c1-13-3-5-14(6-4-13)7-8-15-9-11-17(24-23-15)16-10-12-18(25-2)20(22)19(16)21/h9-14H,3-8H2,1-2H3. The molecular weight excluding hydrogens is 322 g/mol. The molecule has 1 aromatic heterocycles. The van der Waals surface area contributed by atoms with Gasteiger partial charge in [0.2, 0.25) is 5.82 Å². The van der Waals surface area contributed by atoms with E-state index in [4.69, 9.17) is 4.74 Å². The van der Waals surface area contributed by atoms with E-state index in [1.807, 2.05) is 6.07 Å². The summed E-state index contributed by atoms with van der Waals surface area (Å²) in [4.78, 5) is 0. The monoisotopic (exact) mass is 346 g/mol. The van der Waals surface area contributed by atoms with Gasteiger partial charge >= 0.3 is 0 Å². The summed E-state index contributed by atoms with van der Waals surface area (Å²) < 4.78 is 32.7. The maximum Gasteiger partial charge on any atom is 0.201 e. The van der Waals surface area contributed by atoms with Crippen LogP contribution in [0.1, 0.15) is 44.7 Å². The summed E-state index contributed by atoms with van der Waals surface area (Å²) in [5, 5.41) is 8.28. The van der Waals surface area contributed by atoms with Crippen LogP contribution in [0.25, 0.3) is 11.3 Å². The number of nitrogens with zero attached hydrogens (tertiary/aromatic N) is 2. The van der Waals surface area contributed by atoms with Crippen molar-refractivity contribution in [3.05, 3.63) is 41.6 Å². The van der Waals surface area contributed by atoms with Crippen molar-refractivity contribution in [2.45, 2.75) is 45.4 Å². The zero-order chi connectivity index (χ0) is 17.8. The first-order chi connectivity index (χ1) is 12.1. The number of rotatable bonds is 5. The molecule has 0 N–H and O–H groups in total. The Morgan fingerprint density at radius 2 is 1.76 bits per heavy atom. The van der Waals surface area contributed by atoms with Crippen molar-refractivity contribution in [2.24, 2.45) is 11.8 Å². The highest BCUT2D eigenvalue weighted by Crippen LogP contribution is 2.31. The first kappa shape index (κ1) is 17.8. The largest absolute Gasteiger partial charge is 0.494 e. The van der Waals surface area contributed by atoms with Gasteiger partial charge in [0, 0.05) is 5.56 Å². The van der Waals surface area contributed by atoms with Crippen molar-refractivity contribution >= 4 is 0 Å². The molecule has 1 aliphatic carbocycles. The van der Waals surface area contributed by atoms with Gasteiger partial charge in [-0.15, -0.1) is 0 Å². The van der Waals surface area contributed by atoms with Crippen molar-refractivity contribution in [3.63, 3.8) is 0 Å². The maximum absolute atomic E-state index is 14.1. The van der Waals surface area contributed by atoms with Crippen LogP contribution in [0.5, 0.6) is 5.75 Å². The zero-order valence-electron chi connectivity index (χ0n) is 14.8. The van der Waals surface area contributed by atoms with Gasteiger partial charge in [0.05, 0.1) is 18.5 Å². The molecular formula is C20H24F2N2O. The number of aromatic nitrogens is 2. The Bertz CT molecular complexity index is 710. The molecule has 3 rings (SSSR count). The van der Waals surface area contributed by atoms with Crippen molar-refractivity contribution < 1.29 is 13.5 Å². The highest BCUT2D eigenvalue weighted by atomic mass is 19.2. The molecule has 5 heteroatoms. The van der Waals surface area contributed by atoms with Gasteiger partial charge in [0.1, 0.15) is 0 Å². The third kappa shape index (κ3) is 4.14. The van der Waals surface area contributed by atoms with Crippen LogP contribution in [-0.4, -0.2) is 17.3 Å². The van der Waals surface area contributed by atoms with E-state index < -0.39 is 11.6 Å². The van der Waals surface area contributed by atoms with Crippen molar-refractivity contribution in [3.8, 4) is 17.0 Å². The lowest BCUT2D eigenvalue weighted by Crippen LogP contribution is -2.13. The SMILES string of the molecule is COc1ccc(-c2ccc(CCC3CCC(C)CC3)nn2)c(F)c1F. The minimum absolute atomic E-state index is 0.0959. The predicted molar refractivity (Wildman–Crippen MR) is 93.4 cm³/mol. The van der Waals surface area contributed by atoms with E-state index >= 15 is 0 Å². The average molecular weight is 346 g/mol. The van der Waals surface area contributed by atoms with Gasteiger partial charge in [0.25, 0.3) is 0 Å². The zero-order valence-corrected chi connectivity index (χ0v) is 14.8. The highest BCUT2D eigenvalue weighted by molar-refractivity contribution is 5.61. The van der Waals surface area contributed by atoms with Gasteiger partial charge in [-0.2, -0.15) is 14.6 Å². The summed E-state index contributed by atoms with van der Waals surface area (Å²) in [5.74, 6) is -0.455. The Morgan fingerprint density at radius 1 is 1.00 bits per heavy atom. The minimum Gasteiger partial charge on any atom is -0.494 e. The Balaban J connectivity index is 1.65. The van der Waals surface area contributed by atoms with E-state index in [1.54, 1.807) is 6.07 Å². The Labute approximate surface area is 147 Å². The van der Waals surface area contributed by atoms with Gasteiger partial charge in [0.15, 0.2) is 11.6 Å². The molecule has 1 aromatic carbocycles. The van der Waals surface area contributed by atoms with E-state index in [0.29, 0.717) is 5.69 Å². The van der Waals surface area contributed by atoms with Gasteiger partial charge in [-0.05, 0) is 48.9 Å². The van der Waals surface area contributed by atoms with Crippen LogP contribution in [0.2, 0.25) is 0 Å². The summed E-state index contributed by atoms with van der Waals surface area (Å²) in [6.45, 7) is 2.32. The Kier molecular flexibility index (Phi) is 5.61. The molecule has 0 unspecified atom stereocenters. The fourth-order valence-electron chi connectivity index (χ4n) is 3.49. The summed E-state index contributed by atoms with van der Waals surface area (Å²) in [6, 6.07) is 6.42. The van der Waals surface area contributed by atoms with Crippen LogP contribution in [0.3, 0.4) is 0 Å². The molecule has 0 bridgehead atoms. The molecule has 1 saturated carbocycles. The predicted octanol–water partition coefficient (Wildman–Crippen LogP) is 5.19. The quantitative estimate of drug-likeness (QED) is 0.747. The van der Waals surface area contributed by atoms with E-state index in [2.05, 4.69) is 17.1 Å². The number of benzene rings is 1. The first-order valence-corrected chi connectivity index (χ1v) is 8.93. The third-order valence-corrected chi connectivity index (χ3v) is 5.21. The summed E-state index contributed by atoms with van der Waals surface area (Å²) >= 11 is 0. The van der Waals surface area contributed by atoms with Gasteiger partial charge in [-0.3, -0.25) is 0 Å². The minimum atomic E-state index is -1.00. The second-order valence-electron chi connectivity index (χ2n) is 7.02. The average Bonchev–Trinajstić information content (AvgIpc) is 2.64. The van der Waals surface area contributed by atoms with E-state index in [-0.39, 0.29) is 11.3 Å². The fourth-order valence-corrected chi connectivity index (χ4v) is 3.49. The second-order valence-corrected chi connectivity index (χ2v) is 7.02. The van der Waals surface area contributed by atoms with E-state index in [1.165, 1.54) is 44.9 Å². The van der Waals surface area contributed by atoms with Gasteiger partial charge in [-0.25, -0.2) is 4.39 Å². The number of ether oxygens (including phenoxy) is 1. The van der Waals surface area contributed by atoms with Crippen LogP contribution in [0, 0.1) is 23.5 Å². The lowest BCUT2D eigenvalue weighted by molar-refractivity contribution is 0.277. The number of halogens is 2. The molecule has 0 amide bonds. The molecule has 1 aliphatic rings. The van der Waals surface area contributed by atoms with Crippen LogP contribution in [0.4, 0.5) is 8.78 Å². The molecule has 3 nitrogen and oxygen atoms in total. The first-order valence-electron chi connectivity index (χ1n) is 8.93. The third-order valence-electron chi connectivity index (χ3n) is 5.21. The summed E-state index contributed by atoms with van der Waals surface area (Å²) in [7, 11) is 1.30. The molecule has 0 atom stereocenters. The second kappa shape index (κ2) is 7.89. The highest BCUT2D eigenvalue weighted by Gasteiger charge is 2.19. The molecule has 0 spiro atoms. The van der Waals surface area contributed by atoms with Crippen molar-refractivity contribution in [1.29, 1.82) is 0 Å². The van der Waals surface area contributed by atoms with Gasteiger partial charge < -0.3 is 4.74 Å². The maximum atomic E-state index is 14.1. The van der Waals surface area contributed by atoms with E-state index in [0.717, 1.165) is 30.4 Å². The molecule has 25 heavy (non-hydrogen) atoms. The molecule has 1 heterocycles. The normalized spacial score (nSPS) is 20.5. The number of aryl methyl sites for hydroxylation is 1. The number of hydrogen-bond acceptors (Lipinski definition) is 3. The fraction of sp³-hybridized carbons (Fsp3) is 0.500. The van der Waals surface area contributed by atoms with Crippen LogP contribution < -0.4 is 4.74 Å². The number of hydrogen-bond donors (Lipinski definition) is 0. The van der Waals surface area contributed by atoms with E-state index in [9.17, 15) is 8.78 Å². The van der Waals surface area contributed by atoms with Crippen LogP contribution >= 0.6 is 0 Å². The van der Waals surface area contributed by atoms with Crippen molar-refractivity contribution in [1.82, 2.24) is 10.2 Å². The topological polar surface area (TPSA) is 35.0 Å². The summed E-state index contributed by atoms with van der Waals surface area (Å²) in [6.07, 6.45) is 7.22.